The van der Waals surface area contributed by atoms with E-state index in [1.54, 1.807) is 13.0 Å². The Kier molecular flexibility index (Phi) is 3.14. The molecule has 21 heavy (non-hydrogen) atoms. The molecule has 0 fully saturated rings. The highest BCUT2D eigenvalue weighted by atomic mass is 19.1. The number of pyridine rings is 1. The van der Waals surface area contributed by atoms with Gasteiger partial charge < -0.3 is 5.11 Å². The lowest BCUT2D eigenvalue weighted by Crippen LogP contribution is -2.02. The molecule has 1 N–H and O–H groups in total. The molecular weight excluding hydrogens is 269 g/mol. The number of hydrogen-bond donors (Lipinski definition) is 1. The summed E-state index contributed by atoms with van der Waals surface area (Å²) in [6, 6.07) is 13.6. The van der Waals surface area contributed by atoms with E-state index in [0.717, 1.165) is 5.56 Å². The molecule has 0 unspecified atom stereocenters. The van der Waals surface area contributed by atoms with E-state index in [-0.39, 0.29) is 11.1 Å². The predicted octanol–water partition coefficient (Wildman–Crippen LogP) is 4.05. The molecule has 1 aromatic heterocycles. The minimum atomic E-state index is -1.09. The second-order valence-corrected chi connectivity index (χ2v) is 4.87. The maximum atomic E-state index is 14.1. The molecule has 0 atom stereocenters. The van der Waals surface area contributed by atoms with Crippen LogP contribution in [0.4, 0.5) is 4.39 Å². The van der Waals surface area contributed by atoms with Crippen molar-refractivity contribution in [1.82, 2.24) is 4.98 Å². The van der Waals surface area contributed by atoms with E-state index in [1.165, 1.54) is 12.1 Å². The summed E-state index contributed by atoms with van der Waals surface area (Å²) in [5, 5.41) is 9.70. The van der Waals surface area contributed by atoms with Gasteiger partial charge in [-0.15, -0.1) is 0 Å². The molecule has 0 amide bonds. The van der Waals surface area contributed by atoms with E-state index in [9.17, 15) is 14.3 Å². The van der Waals surface area contributed by atoms with E-state index in [4.69, 9.17) is 0 Å². The summed E-state index contributed by atoms with van der Waals surface area (Å²) in [6.07, 6.45) is 0. The first-order valence-electron chi connectivity index (χ1n) is 6.46. The summed E-state index contributed by atoms with van der Waals surface area (Å²) in [4.78, 5) is 15.8. The van der Waals surface area contributed by atoms with Gasteiger partial charge in [0.25, 0.3) is 0 Å². The number of carboxylic acids is 1. The average Bonchev–Trinajstić information content (AvgIpc) is 2.47. The number of nitrogens with zero attached hydrogens (tertiary/aromatic N) is 1. The number of hydrogen-bond acceptors (Lipinski definition) is 2. The zero-order valence-electron chi connectivity index (χ0n) is 11.3. The van der Waals surface area contributed by atoms with Crippen LogP contribution in [0.5, 0.6) is 0 Å². The molecule has 0 saturated heterocycles. The van der Waals surface area contributed by atoms with Gasteiger partial charge in [-0.05, 0) is 30.7 Å². The Morgan fingerprint density at radius 3 is 2.52 bits per heavy atom. The Morgan fingerprint density at radius 2 is 1.86 bits per heavy atom. The summed E-state index contributed by atoms with van der Waals surface area (Å²) in [5.74, 6) is -1.60. The monoisotopic (exact) mass is 281 g/mol. The second-order valence-electron chi connectivity index (χ2n) is 4.87. The van der Waals surface area contributed by atoms with Crippen molar-refractivity contribution in [2.45, 2.75) is 6.92 Å². The Labute approximate surface area is 120 Å². The van der Waals surface area contributed by atoms with Crippen LogP contribution in [0.3, 0.4) is 0 Å². The van der Waals surface area contributed by atoms with Crippen LogP contribution in [0.25, 0.3) is 22.2 Å². The zero-order chi connectivity index (χ0) is 15.0. The fourth-order valence-corrected chi connectivity index (χ4v) is 2.35. The topological polar surface area (TPSA) is 50.2 Å². The molecule has 3 rings (SSSR count). The normalized spacial score (nSPS) is 10.8. The summed E-state index contributed by atoms with van der Waals surface area (Å²) < 4.78 is 14.1. The molecular formula is C17H12FNO2. The Morgan fingerprint density at radius 1 is 1.14 bits per heavy atom. The number of carbonyl (C=O) groups is 1. The molecule has 2 aromatic carbocycles. The molecule has 0 spiro atoms. The first-order valence-corrected chi connectivity index (χ1v) is 6.46. The van der Waals surface area contributed by atoms with Crippen LogP contribution >= 0.6 is 0 Å². The van der Waals surface area contributed by atoms with Gasteiger partial charge in [-0.3, -0.25) is 0 Å². The molecule has 0 aliphatic heterocycles. The standard InChI is InChI=1S/C17H12FNO2/c1-10-7-12-13(17(20)21)9-15(11-5-3-2-4-6-11)19-16(12)14(18)8-10/h2-9H,1H3,(H,20,21). The van der Waals surface area contributed by atoms with Gasteiger partial charge in [0.15, 0.2) is 0 Å². The minimum Gasteiger partial charge on any atom is -0.478 e. The van der Waals surface area contributed by atoms with Crippen molar-refractivity contribution in [2.75, 3.05) is 0 Å². The van der Waals surface area contributed by atoms with Crippen LogP contribution in [-0.2, 0) is 0 Å². The van der Waals surface area contributed by atoms with Gasteiger partial charge in [0.05, 0.1) is 11.3 Å². The third-order valence-electron chi connectivity index (χ3n) is 3.31. The van der Waals surface area contributed by atoms with Crippen molar-refractivity contribution in [3.05, 3.63) is 65.5 Å². The maximum Gasteiger partial charge on any atom is 0.336 e. The quantitative estimate of drug-likeness (QED) is 0.771. The number of benzene rings is 2. The fourth-order valence-electron chi connectivity index (χ4n) is 2.35. The number of halogens is 1. The summed E-state index contributed by atoms with van der Waals surface area (Å²) in [6.45, 7) is 1.72. The van der Waals surface area contributed by atoms with E-state index in [1.807, 2.05) is 30.3 Å². The van der Waals surface area contributed by atoms with Crippen molar-refractivity contribution in [3.63, 3.8) is 0 Å². The number of rotatable bonds is 2. The van der Waals surface area contributed by atoms with Gasteiger partial charge in [0.1, 0.15) is 11.3 Å². The second kappa shape index (κ2) is 4.98. The molecule has 4 heteroatoms. The van der Waals surface area contributed by atoms with Gasteiger partial charge in [-0.1, -0.05) is 30.3 Å². The highest BCUT2D eigenvalue weighted by Gasteiger charge is 2.15. The van der Waals surface area contributed by atoms with E-state index < -0.39 is 11.8 Å². The van der Waals surface area contributed by atoms with Crippen LogP contribution < -0.4 is 0 Å². The third-order valence-corrected chi connectivity index (χ3v) is 3.31. The summed E-state index contributed by atoms with van der Waals surface area (Å²) >= 11 is 0. The van der Waals surface area contributed by atoms with E-state index in [2.05, 4.69) is 4.98 Å². The van der Waals surface area contributed by atoms with Crippen molar-refractivity contribution >= 4 is 16.9 Å². The van der Waals surface area contributed by atoms with Gasteiger partial charge >= 0.3 is 5.97 Å². The Hall–Kier alpha value is -2.75. The predicted molar refractivity (Wildman–Crippen MR) is 78.8 cm³/mol. The first kappa shape index (κ1) is 13.2. The van der Waals surface area contributed by atoms with Crippen molar-refractivity contribution < 1.29 is 14.3 Å². The highest BCUT2D eigenvalue weighted by molar-refractivity contribution is 6.04. The molecule has 0 bridgehead atoms. The van der Waals surface area contributed by atoms with Crippen LogP contribution in [-0.4, -0.2) is 16.1 Å². The average molecular weight is 281 g/mol. The van der Waals surface area contributed by atoms with E-state index in [0.29, 0.717) is 16.6 Å². The Balaban J connectivity index is 2.38. The Bertz CT molecular complexity index is 844. The lowest BCUT2D eigenvalue weighted by Gasteiger charge is -2.08. The fraction of sp³-hybridized carbons (Fsp3) is 0.0588. The highest BCUT2D eigenvalue weighted by Crippen LogP contribution is 2.27. The molecule has 0 aliphatic carbocycles. The largest absolute Gasteiger partial charge is 0.478 e. The molecule has 3 nitrogen and oxygen atoms in total. The summed E-state index contributed by atoms with van der Waals surface area (Å²) in [5.41, 5.74) is 2.00. The van der Waals surface area contributed by atoms with Gasteiger partial charge in [-0.25, -0.2) is 14.2 Å². The number of aromatic nitrogens is 1. The lowest BCUT2D eigenvalue weighted by molar-refractivity contribution is 0.0699. The number of aryl methyl sites for hydroxylation is 1. The molecule has 0 saturated carbocycles. The molecule has 0 radical (unpaired) electrons. The maximum absolute atomic E-state index is 14.1. The van der Waals surface area contributed by atoms with Crippen LogP contribution in [0, 0.1) is 12.7 Å². The van der Waals surface area contributed by atoms with Gasteiger partial charge in [0.2, 0.25) is 0 Å². The SMILES string of the molecule is Cc1cc(F)c2nc(-c3ccccc3)cc(C(=O)O)c2c1. The van der Waals surface area contributed by atoms with Gasteiger partial charge in [0, 0.05) is 10.9 Å². The molecule has 3 aromatic rings. The number of fused-ring (bicyclic) bond motifs is 1. The molecule has 1 heterocycles. The van der Waals surface area contributed by atoms with Crippen LogP contribution in [0.15, 0.2) is 48.5 Å². The first-order chi connectivity index (χ1) is 10.1. The number of carboxylic acid groups (broad SMARTS) is 1. The number of aromatic carboxylic acids is 1. The lowest BCUT2D eigenvalue weighted by atomic mass is 10.0. The zero-order valence-corrected chi connectivity index (χ0v) is 11.3. The summed E-state index contributed by atoms with van der Waals surface area (Å²) in [7, 11) is 0. The third kappa shape index (κ3) is 2.36. The van der Waals surface area contributed by atoms with Gasteiger partial charge in [-0.2, -0.15) is 0 Å². The van der Waals surface area contributed by atoms with Crippen molar-refractivity contribution in [1.29, 1.82) is 0 Å². The van der Waals surface area contributed by atoms with Crippen molar-refractivity contribution in [2.24, 2.45) is 0 Å². The molecule has 104 valence electrons. The smallest absolute Gasteiger partial charge is 0.336 e. The molecule has 0 aliphatic rings. The van der Waals surface area contributed by atoms with E-state index >= 15 is 0 Å². The van der Waals surface area contributed by atoms with Crippen molar-refractivity contribution in [3.8, 4) is 11.3 Å². The minimum absolute atomic E-state index is 0.0569. The van der Waals surface area contributed by atoms with Crippen LogP contribution in [0.2, 0.25) is 0 Å². The van der Waals surface area contributed by atoms with Crippen LogP contribution in [0.1, 0.15) is 15.9 Å².